The smallest absolute Gasteiger partial charge is 0.199 e. The number of imidazole rings is 1. The van der Waals surface area contributed by atoms with Gasteiger partial charge in [-0.05, 0) is 24.3 Å². The average Bonchev–Trinajstić information content (AvgIpc) is 2.91. The SMILES string of the molecule is COc1cccc(-c2ncc3cccc(OC)n23)c1. The molecule has 3 aromatic rings. The van der Waals surface area contributed by atoms with E-state index in [1.165, 1.54) is 0 Å². The van der Waals surface area contributed by atoms with E-state index >= 15 is 0 Å². The fourth-order valence-corrected chi connectivity index (χ4v) is 2.14. The van der Waals surface area contributed by atoms with E-state index in [9.17, 15) is 0 Å². The van der Waals surface area contributed by atoms with E-state index in [1.807, 2.05) is 53.1 Å². The summed E-state index contributed by atoms with van der Waals surface area (Å²) >= 11 is 0. The van der Waals surface area contributed by atoms with E-state index < -0.39 is 0 Å². The van der Waals surface area contributed by atoms with E-state index in [0.717, 1.165) is 28.5 Å². The Labute approximate surface area is 111 Å². The van der Waals surface area contributed by atoms with Crippen LogP contribution in [0.25, 0.3) is 16.9 Å². The van der Waals surface area contributed by atoms with E-state index in [2.05, 4.69) is 4.98 Å². The molecule has 0 radical (unpaired) electrons. The van der Waals surface area contributed by atoms with Crippen LogP contribution in [0.2, 0.25) is 0 Å². The second-order valence-corrected chi connectivity index (χ2v) is 4.14. The van der Waals surface area contributed by atoms with E-state index in [1.54, 1.807) is 14.2 Å². The molecular weight excluding hydrogens is 240 g/mol. The Kier molecular flexibility index (Phi) is 2.83. The lowest BCUT2D eigenvalue weighted by Crippen LogP contribution is -1.96. The van der Waals surface area contributed by atoms with Crippen LogP contribution in [-0.2, 0) is 0 Å². The van der Waals surface area contributed by atoms with Gasteiger partial charge >= 0.3 is 0 Å². The molecule has 0 bridgehead atoms. The van der Waals surface area contributed by atoms with Gasteiger partial charge in [0.25, 0.3) is 0 Å². The Morgan fingerprint density at radius 3 is 2.63 bits per heavy atom. The molecule has 2 heterocycles. The van der Waals surface area contributed by atoms with Crippen molar-refractivity contribution in [1.82, 2.24) is 9.38 Å². The predicted octanol–water partition coefficient (Wildman–Crippen LogP) is 3.02. The lowest BCUT2D eigenvalue weighted by molar-refractivity contribution is 0.393. The molecule has 0 saturated carbocycles. The van der Waals surface area contributed by atoms with Gasteiger partial charge in [0.15, 0.2) is 5.88 Å². The number of rotatable bonds is 3. The highest BCUT2D eigenvalue weighted by Gasteiger charge is 2.10. The molecule has 96 valence electrons. The van der Waals surface area contributed by atoms with Crippen LogP contribution in [0.3, 0.4) is 0 Å². The zero-order valence-corrected chi connectivity index (χ0v) is 10.8. The summed E-state index contributed by atoms with van der Waals surface area (Å²) in [6, 6.07) is 13.7. The highest BCUT2D eigenvalue weighted by molar-refractivity contribution is 5.65. The standard InChI is InChI=1S/C15H14N2O2/c1-18-13-7-3-5-11(9-13)15-16-10-12-6-4-8-14(19-2)17(12)15/h3-10H,1-2H3. The number of methoxy groups -OCH3 is 2. The fourth-order valence-electron chi connectivity index (χ4n) is 2.14. The molecule has 0 fully saturated rings. The maximum Gasteiger partial charge on any atom is 0.199 e. The van der Waals surface area contributed by atoms with Gasteiger partial charge in [0.1, 0.15) is 11.6 Å². The minimum Gasteiger partial charge on any atom is -0.497 e. The van der Waals surface area contributed by atoms with Gasteiger partial charge in [-0.3, -0.25) is 4.40 Å². The average molecular weight is 254 g/mol. The van der Waals surface area contributed by atoms with Crippen LogP contribution < -0.4 is 9.47 Å². The molecule has 2 aromatic heterocycles. The first-order chi connectivity index (χ1) is 9.33. The van der Waals surface area contributed by atoms with Crippen LogP contribution in [0.5, 0.6) is 11.6 Å². The first kappa shape index (κ1) is 11.6. The Bertz CT molecular complexity index is 719. The first-order valence-electron chi connectivity index (χ1n) is 5.98. The lowest BCUT2D eigenvalue weighted by Gasteiger charge is -2.08. The minimum absolute atomic E-state index is 0.757. The molecule has 0 spiro atoms. The van der Waals surface area contributed by atoms with Crippen molar-refractivity contribution < 1.29 is 9.47 Å². The Balaban J connectivity index is 2.24. The summed E-state index contributed by atoms with van der Waals surface area (Å²) < 4.78 is 12.6. The van der Waals surface area contributed by atoms with Crippen molar-refractivity contribution in [3.8, 4) is 23.0 Å². The van der Waals surface area contributed by atoms with Gasteiger partial charge in [0.05, 0.1) is 25.9 Å². The molecule has 0 aliphatic heterocycles. The molecule has 19 heavy (non-hydrogen) atoms. The van der Waals surface area contributed by atoms with Gasteiger partial charge in [-0.1, -0.05) is 18.2 Å². The normalized spacial score (nSPS) is 10.6. The molecular formula is C15H14N2O2. The van der Waals surface area contributed by atoms with Crippen molar-refractivity contribution >= 4 is 5.52 Å². The summed E-state index contributed by atoms with van der Waals surface area (Å²) in [6.07, 6.45) is 1.83. The van der Waals surface area contributed by atoms with Crippen LogP contribution >= 0.6 is 0 Å². The first-order valence-corrected chi connectivity index (χ1v) is 5.98. The van der Waals surface area contributed by atoms with E-state index in [0.29, 0.717) is 0 Å². The maximum atomic E-state index is 5.40. The molecule has 0 aliphatic carbocycles. The fraction of sp³-hybridized carbons (Fsp3) is 0.133. The van der Waals surface area contributed by atoms with E-state index in [4.69, 9.17) is 9.47 Å². The highest BCUT2D eigenvalue weighted by Crippen LogP contribution is 2.27. The second kappa shape index (κ2) is 4.65. The summed E-state index contributed by atoms with van der Waals surface area (Å²) in [5.74, 6) is 2.41. The van der Waals surface area contributed by atoms with Crippen LogP contribution in [0, 0.1) is 0 Å². The summed E-state index contributed by atoms with van der Waals surface area (Å²) in [7, 11) is 3.31. The van der Waals surface area contributed by atoms with Crippen molar-refractivity contribution in [2.45, 2.75) is 0 Å². The summed E-state index contributed by atoms with van der Waals surface area (Å²) in [4.78, 5) is 4.48. The molecule has 0 atom stereocenters. The summed E-state index contributed by atoms with van der Waals surface area (Å²) in [5, 5.41) is 0. The number of fused-ring (bicyclic) bond motifs is 1. The minimum atomic E-state index is 0.757. The highest BCUT2D eigenvalue weighted by atomic mass is 16.5. The molecule has 0 N–H and O–H groups in total. The molecule has 0 saturated heterocycles. The van der Waals surface area contributed by atoms with Crippen LogP contribution in [0.4, 0.5) is 0 Å². The van der Waals surface area contributed by atoms with Crippen LogP contribution in [-0.4, -0.2) is 23.6 Å². The largest absolute Gasteiger partial charge is 0.497 e. The van der Waals surface area contributed by atoms with Crippen molar-refractivity contribution in [1.29, 1.82) is 0 Å². The van der Waals surface area contributed by atoms with E-state index in [-0.39, 0.29) is 0 Å². The molecule has 3 rings (SSSR count). The third kappa shape index (κ3) is 1.91. The summed E-state index contributed by atoms with van der Waals surface area (Å²) in [5.41, 5.74) is 1.99. The number of ether oxygens (including phenoxy) is 2. The monoisotopic (exact) mass is 254 g/mol. The molecule has 0 unspecified atom stereocenters. The zero-order valence-electron chi connectivity index (χ0n) is 10.8. The lowest BCUT2D eigenvalue weighted by atomic mass is 10.2. The Morgan fingerprint density at radius 2 is 1.84 bits per heavy atom. The van der Waals surface area contributed by atoms with Crippen LogP contribution in [0.1, 0.15) is 0 Å². The summed E-state index contributed by atoms with van der Waals surface area (Å²) in [6.45, 7) is 0. The van der Waals surface area contributed by atoms with Crippen molar-refractivity contribution in [2.24, 2.45) is 0 Å². The second-order valence-electron chi connectivity index (χ2n) is 4.14. The van der Waals surface area contributed by atoms with Gasteiger partial charge in [-0.25, -0.2) is 4.98 Å². The molecule has 4 nitrogen and oxygen atoms in total. The molecule has 1 aromatic carbocycles. The Morgan fingerprint density at radius 1 is 1.00 bits per heavy atom. The maximum absolute atomic E-state index is 5.40. The third-order valence-electron chi connectivity index (χ3n) is 3.05. The van der Waals surface area contributed by atoms with Gasteiger partial charge < -0.3 is 9.47 Å². The topological polar surface area (TPSA) is 35.8 Å². The number of benzene rings is 1. The van der Waals surface area contributed by atoms with Crippen LogP contribution in [0.15, 0.2) is 48.7 Å². The van der Waals surface area contributed by atoms with Gasteiger partial charge in [-0.15, -0.1) is 0 Å². The van der Waals surface area contributed by atoms with Crippen molar-refractivity contribution in [3.63, 3.8) is 0 Å². The van der Waals surface area contributed by atoms with Gasteiger partial charge in [0.2, 0.25) is 0 Å². The van der Waals surface area contributed by atoms with Crippen molar-refractivity contribution in [3.05, 3.63) is 48.7 Å². The van der Waals surface area contributed by atoms with Gasteiger partial charge in [0, 0.05) is 5.56 Å². The predicted molar refractivity (Wildman–Crippen MR) is 73.7 cm³/mol. The van der Waals surface area contributed by atoms with Gasteiger partial charge in [-0.2, -0.15) is 0 Å². The zero-order chi connectivity index (χ0) is 13.2. The number of hydrogen-bond acceptors (Lipinski definition) is 3. The number of aromatic nitrogens is 2. The number of pyridine rings is 1. The quantitative estimate of drug-likeness (QED) is 0.720. The molecule has 4 heteroatoms. The third-order valence-corrected chi connectivity index (χ3v) is 3.05. The Hall–Kier alpha value is -2.49. The number of hydrogen-bond donors (Lipinski definition) is 0. The molecule has 0 aliphatic rings. The number of nitrogens with zero attached hydrogens (tertiary/aromatic N) is 2. The molecule has 0 amide bonds. The van der Waals surface area contributed by atoms with Crippen molar-refractivity contribution in [2.75, 3.05) is 14.2 Å².